The van der Waals surface area contributed by atoms with Gasteiger partial charge in [-0.1, -0.05) is 25.5 Å². The van der Waals surface area contributed by atoms with Gasteiger partial charge in [-0.3, -0.25) is 10.1 Å². The highest BCUT2D eigenvalue weighted by Gasteiger charge is 2.19. The molecule has 1 aromatic rings. The minimum absolute atomic E-state index is 0. The van der Waals surface area contributed by atoms with Gasteiger partial charge in [-0.05, 0) is 31.0 Å². The molecule has 1 aromatic carbocycles. The van der Waals surface area contributed by atoms with Crippen LogP contribution in [-0.4, -0.2) is 23.7 Å². The van der Waals surface area contributed by atoms with E-state index in [1.807, 2.05) is 13.8 Å². The molecule has 120 valence electrons. The summed E-state index contributed by atoms with van der Waals surface area (Å²) in [6, 6.07) is 5.35. The number of aliphatic carboxylic acids is 1. The fraction of sp³-hybridized carbons (Fsp3) is 0.500. The summed E-state index contributed by atoms with van der Waals surface area (Å²) in [7, 11) is 0. The van der Waals surface area contributed by atoms with Crippen LogP contribution in [0.25, 0.3) is 0 Å². The fourth-order valence-corrected chi connectivity index (χ4v) is 1.90. The second-order valence-corrected chi connectivity index (χ2v) is 4.52. The molecular weight excluding hydrogens is 304 g/mol. The van der Waals surface area contributed by atoms with Gasteiger partial charge in [0.05, 0.1) is 0 Å². The maximum Gasteiger partial charge on any atom is 0.387 e. The van der Waals surface area contributed by atoms with Crippen molar-refractivity contribution in [1.82, 2.24) is 5.32 Å². The van der Waals surface area contributed by atoms with Crippen LogP contribution in [-0.2, 0) is 4.79 Å². The highest BCUT2D eigenvalue weighted by molar-refractivity contribution is 5.85. The third kappa shape index (κ3) is 6.73. The van der Waals surface area contributed by atoms with E-state index in [2.05, 4.69) is 10.1 Å². The number of alkyl halides is 2. The van der Waals surface area contributed by atoms with E-state index in [-0.39, 0.29) is 24.2 Å². The monoisotopic (exact) mass is 323 g/mol. The third-order valence-electron chi connectivity index (χ3n) is 2.93. The first-order valence-corrected chi connectivity index (χ1v) is 6.47. The van der Waals surface area contributed by atoms with Crippen LogP contribution in [0.2, 0.25) is 0 Å². The van der Waals surface area contributed by atoms with Gasteiger partial charge in [-0.25, -0.2) is 0 Å². The van der Waals surface area contributed by atoms with Crippen LogP contribution < -0.4 is 10.1 Å². The normalized spacial score (nSPS) is 13.4. The van der Waals surface area contributed by atoms with Crippen molar-refractivity contribution in [1.29, 1.82) is 0 Å². The number of nitrogens with one attached hydrogen (secondary N) is 1. The van der Waals surface area contributed by atoms with Crippen LogP contribution in [0.3, 0.4) is 0 Å². The van der Waals surface area contributed by atoms with Crippen molar-refractivity contribution in [2.45, 2.75) is 45.4 Å². The molecule has 0 saturated carbocycles. The zero-order valence-electron chi connectivity index (χ0n) is 11.9. The van der Waals surface area contributed by atoms with Crippen LogP contribution in [0.15, 0.2) is 24.3 Å². The summed E-state index contributed by atoms with van der Waals surface area (Å²) >= 11 is 0. The predicted molar refractivity (Wildman–Crippen MR) is 78.2 cm³/mol. The van der Waals surface area contributed by atoms with Crippen molar-refractivity contribution in [3.63, 3.8) is 0 Å². The van der Waals surface area contributed by atoms with Crippen molar-refractivity contribution in [3.05, 3.63) is 29.8 Å². The molecule has 4 nitrogen and oxygen atoms in total. The summed E-state index contributed by atoms with van der Waals surface area (Å²) < 4.78 is 28.3. The molecule has 0 aliphatic heterocycles. The maximum absolute atomic E-state index is 12.0. The molecule has 2 atom stereocenters. The van der Waals surface area contributed by atoms with Gasteiger partial charge in [0, 0.05) is 6.04 Å². The Balaban J connectivity index is 0.00000400. The molecule has 2 unspecified atom stereocenters. The molecule has 0 fully saturated rings. The minimum atomic E-state index is -2.85. The molecule has 1 rings (SSSR count). The quantitative estimate of drug-likeness (QED) is 0.767. The average Bonchev–Trinajstić information content (AvgIpc) is 2.38. The van der Waals surface area contributed by atoms with Crippen LogP contribution in [0.5, 0.6) is 5.75 Å². The molecule has 0 bridgehead atoms. The predicted octanol–water partition coefficient (Wildman–Crippen LogP) is 3.61. The lowest BCUT2D eigenvalue weighted by Crippen LogP contribution is -2.38. The van der Waals surface area contributed by atoms with Crippen LogP contribution >= 0.6 is 12.4 Å². The molecule has 0 spiro atoms. The van der Waals surface area contributed by atoms with E-state index >= 15 is 0 Å². The lowest BCUT2D eigenvalue weighted by molar-refractivity contribution is -0.139. The van der Waals surface area contributed by atoms with Crippen molar-refractivity contribution < 1.29 is 23.4 Å². The van der Waals surface area contributed by atoms with Gasteiger partial charge in [0.15, 0.2) is 0 Å². The van der Waals surface area contributed by atoms with Gasteiger partial charge in [0.2, 0.25) is 0 Å². The number of carbonyl (C=O) groups is 1. The van der Waals surface area contributed by atoms with Gasteiger partial charge in [0.1, 0.15) is 11.8 Å². The average molecular weight is 324 g/mol. The summed E-state index contributed by atoms with van der Waals surface area (Å²) in [4.78, 5) is 11.1. The second kappa shape index (κ2) is 9.52. The van der Waals surface area contributed by atoms with E-state index in [4.69, 9.17) is 5.11 Å². The molecule has 0 aliphatic rings. The van der Waals surface area contributed by atoms with Crippen molar-refractivity contribution in [2.75, 3.05) is 0 Å². The van der Waals surface area contributed by atoms with Crippen LogP contribution in [0.1, 0.15) is 38.3 Å². The summed E-state index contributed by atoms with van der Waals surface area (Å²) in [5, 5.41) is 12.1. The number of carboxylic acids is 1. The number of hydrogen-bond donors (Lipinski definition) is 2. The molecule has 0 saturated heterocycles. The van der Waals surface area contributed by atoms with Gasteiger partial charge < -0.3 is 9.84 Å². The number of ether oxygens (including phenoxy) is 1. The molecule has 2 N–H and O–H groups in total. The number of halogens is 3. The summed E-state index contributed by atoms with van der Waals surface area (Å²) in [6.45, 7) is 0.894. The van der Waals surface area contributed by atoms with Gasteiger partial charge >= 0.3 is 12.6 Å². The topological polar surface area (TPSA) is 58.6 Å². The van der Waals surface area contributed by atoms with Crippen molar-refractivity contribution >= 4 is 18.4 Å². The third-order valence-corrected chi connectivity index (χ3v) is 2.93. The Morgan fingerprint density at radius 3 is 2.33 bits per heavy atom. The largest absolute Gasteiger partial charge is 0.480 e. The Kier molecular flexibility index (Phi) is 8.89. The summed E-state index contributed by atoms with van der Waals surface area (Å²) in [6.07, 6.45) is 1.30. The number of hydrogen-bond acceptors (Lipinski definition) is 3. The van der Waals surface area contributed by atoms with E-state index in [1.165, 1.54) is 12.1 Å². The van der Waals surface area contributed by atoms with E-state index in [1.54, 1.807) is 12.1 Å². The molecule has 0 aliphatic carbocycles. The molecule has 0 amide bonds. The second-order valence-electron chi connectivity index (χ2n) is 4.52. The lowest BCUT2D eigenvalue weighted by atomic mass is 10.1. The highest BCUT2D eigenvalue weighted by Crippen LogP contribution is 2.20. The smallest absolute Gasteiger partial charge is 0.387 e. The number of rotatable bonds is 8. The summed E-state index contributed by atoms with van der Waals surface area (Å²) in [5.41, 5.74) is 0.814. The SMILES string of the molecule is CCCC(NC(C)c1ccc(OC(F)F)cc1)C(=O)O.Cl. The highest BCUT2D eigenvalue weighted by atomic mass is 35.5. The Hall–Kier alpha value is -1.40. The molecule has 0 heterocycles. The first-order valence-electron chi connectivity index (χ1n) is 6.47. The standard InChI is InChI=1S/C14H19F2NO3.ClH/c1-3-4-12(13(18)19)17-9(2)10-5-7-11(8-6-10)20-14(15)16;/h5-9,12,14,17H,3-4H2,1-2H3,(H,18,19);1H. The molecule has 0 radical (unpaired) electrons. The van der Waals surface area contributed by atoms with E-state index in [9.17, 15) is 13.6 Å². The zero-order valence-corrected chi connectivity index (χ0v) is 12.7. The minimum Gasteiger partial charge on any atom is -0.480 e. The number of benzene rings is 1. The van der Waals surface area contributed by atoms with E-state index in [0.29, 0.717) is 6.42 Å². The Morgan fingerprint density at radius 2 is 1.90 bits per heavy atom. The first kappa shape index (κ1) is 19.6. The lowest BCUT2D eigenvalue weighted by Gasteiger charge is -2.20. The summed E-state index contributed by atoms with van der Waals surface area (Å²) in [5.74, 6) is -0.810. The molecular formula is C14H20ClF2NO3. The van der Waals surface area contributed by atoms with Crippen LogP contribution in [0, 0.1) is 0 Å². The molecule has 21 heavy (non-hydrogen) atoms. The van der Waals surface area contributed by atoms with E-state index in [0.717, 1.165) is 12.0 Å². The maximum atomic E-state index is 12.0. The Morgan fingerprint density at radius 1 is 1.33 bits per heavy atom. The van der Waals surface area contributed by atoms with Crippen LogP contribution in [0.4, 0.5) is 8.78 Å². The van der Waals surface area contributed by atoms with Gasteiger partial charge in [0.25, 0.3) is 0 Å². The number of carboxylic acid groups (broad SMARTS) is 1. The zero-order chi connectivity index (χ0) is 15.1. The van der Waals surface area contributed by atoms with Gasteiger partial charge in [-0.15, -0.1) is 12.4 Å². The van der Waals surface area contributed by atoms with Crippen molar-refractivity contribution in [2.24, 2.45) is 0 Å². The molecule has 0 aromatic heterocycles. The molecule has 7 heteroatoms. The van der Waals surface area contributed by atoms with E-state index < -0.39 is 18.6 Å². The van der Waals surface area contributed by atoms with Crippen molar-refractivity contribution in [3.8, 4) is 5.75 Å². The Labute approximate surface area is 128 Å². The first-order chi connectivity index (χ1) is 9.43. The Bertz CT molecular complexity index is 429. The van der Waals surface area contributed by atoms with Gasteiger partial charge in [-0.2, -0.15) is 8.78 Å². The fourth-order valence-electron chi connectivity index (χ4n) is 1.90.